The van der Waals surface area contributed by atoms with Gasteiger partial charge in [0.25, 0.3) is 5.91 Å². The quantitative estimate of drug-likeness (QED) is 0.894. The predicted octanol–water partition coefficient (Wildman–Crippen LogP) is 2.66. The lowest BCUT2D eigenvalue weighted by atomic mass is 10.2. The molecule has 1 heterocycles. The Morgan fingerprint density at radius 1 is 1.26 bits per heavy atom. The number of rotatable bonds is 5. The van der Waals surface area contributed by atoms with Gasteiger partial charge in [0, 0.05) is 6.20 Å². The number of aromatic nitrogens is 1. The van der Waals surface area contributed by atoms with Crippen LogP contribution in [-0.4, -0.2) is 17.5 Å². The molecule has 0 aliphatic rings. The molecule has 0 aliphatic carbocycles. The molecular weight excluding hydrogens is 240 g/mol. The average molecular weight is 256 g/mol. The average Bonchev–Trinajstić information content (AvgIpc) is 2.47. The summed E-state index contributed by atoms with van der Waals surface area (Å²) in [5.74, 6) is 0.492. The minimum Gasteiger partial charge on any atom is -0.484 e. The lowest BCUT2D eigenvalue weighted by Crippen LogP contribution is -2.20. The molecule has 4 heteroatoms. The van der Waals surface area contributed by atoms with E-state index in [4.69, 9.17) is 4.74 Å². The number of amides is 1. The van der Waals surface area contributed by atoms with E-state index in [-0.39, 0.29) is 12.5 Å². The van der Waals surface area contributed by atoms with Crippen molar-refractivity contribution < 1.29 is 9.53 Å². The lowest BCUT2D eigenvalue weighted by Gasteiger charge is -2.07. The van der Waals surface area contributed by atoms with Crippen molar-refractivity contribution in [2.24, 2.45) is 0 Å². The molecule has 0 fully saturated rings. The third kappa shape index (κ3) is 4.10. The first-order valence-corrected chi connectivity index (χ1v) is 6.19. The maximum atomic E-state index is 11.6. The fourth-order valence-corrected chi connectivity index (χ4v) is 1.60. The normalized spacial score (nSPS) is 9.95. The molecule has 0 bridgehead atoms. The highest BCUT2D eigenvalue weighted by atomic mass is 16.5. The number of pyridine rings is 1. The van der Waals surface area contributed by atoms with E-state index in [0.29, 0.717) is 11.4 Å². The zero-order chi connectivity index (χ0) is 13.5. The highest BCUT2D eigenvalue weighted by Gasteiger charge is 2.03. The SMILES string of the molecule is CCc1ccc(OCC(=O)Nc2cccnc2)cc1. The minimum atomic E-state index is -0.201. The summed E-state index contributed by atoms with van der Waals surface area (Å²) < 4.78 is 5.41. The number of hydrogen-bond donors (Lipinski definition) is 1. The molecule has 0 saturated carbocycles. The van der Waals surface area contributed by atoms with Crippen LogP contribution in [0, 0.1) is 0 Å². The fourth-order valence-electron chi connectivity index (χ4n) is 1.60. The van der Waals surface area contributed by atoms with E-state index in [2.05, 4.69) is 17.2 Å². The third-order valence-electron chi connectivity index (χ3n) is 2.65. The molecule has 0 radical (unpaired) electrons. The van der Waals surface area contributed by atoms with Crippen LogP contribution in [0.5, 0.6) is 5.75 Å². The number of anilines is 1. The van der Waals surface area contributed by atoms with Gasteiger partial charge in [0.05, 0.1) is 11.9 Å². The fraction of sp³-hybridized carbons (Fsp3) is 0.200. The summed E-state index contributed by atoms with van der Waals surface area (Å²) in [7, 11) is 0. The van der Waals surface area contributed by atoms with E-state index in [1.165, 1.54) is 5.56 Å². The van der Waals surface area contributed by atoms with Crippen molar-refractivity contribution in [1.82, 2.24) is 4.98 Å². The number of nitrogens with zero attached hydrogens (tertiary/aromatic N) is 1. The van der Waals surface area contributed by atoms with Crippen LogP contribution in [0.2, 0.25) is 0 Å². The van der Waals surface area contributed by atoms with Crippen LogP contribution >= 0.6 is 0 Å². The van der Waals surface area contributed by atoms with Gasteiger partial charge in [0.1, 0.15) is 5.75 Å². The van der Waals surface area contributed by atoms with Crippen molar-refractivity contribution in [3.63, 3.8) is 0 Å². The standard InChI is InChI=1S/C15H16N2O2/c1-2-12-5-7-14(8-6-12)19-11-15(18)17-13-4-3-9-16-10-13/h3-10H,2,11H2,1H3,(H,17,18). The maximum Gasteiger partial charge on any atom is 0.262 e. The summed E-state index contributed by atoms with van der Waals surface area (Å²) in [6.45, 7) is 2.08. The van der Waals surface area contributed by atoms with E-state index < -0.39 is 0 Å². The Morgan fingerprint density at radius 3 is 2.68 bits per heavy atom. The Balaban J connectivity index is 1.83. The lowest BCUT2D eigenvalue weighted by molar-refractivity contribution is -0.118. The molecular formula is C15H16N2O2. The van der Waals surface area contributed by atoms with Gasteiger partial charge in [-0.3, -0.25) is 9.78 Å². The summed E-state index contributed by atoms with van der Waals surface area (Å²) in [6.07, 6.45) is 4.23. The molecule has 1 aromatic heterocycles. The molecule has 4 nitrogen and oxygen atoms in total. The van der Waals surface area contributed by atoms with Crippen molar-refractivity contribution in [2.45, 2.75) is 13.3 Å². The van der Waals surface area contributed by atoms with Crippen LogP contribution in [0.4, 0.5) is 5.69 Å². The Bertz CT molecular complexity index is 524. The number of hydrogen-bond acceptors (Lipinski definition) is 3. The van der Waals surface area contributed by atoms with E-state index in [9.17, 15) is 4.79 Å². The van der Waals surface area contributed by atoms with Crippen molar-refractivity contribution in [3.05, 3.63) is 54.4 Å². The summed E-state index contributed by atoms with van der Waals surface area (Å²) in [6, 6.07) is 11.3. The first-order valence-electron chi connectivity index (χ1n) is 6.19. The Hall–Kier alpha value is -2.36. The van der Waals surface area contributed by atoms with Crippen LogP contribution < -0.4 is 10.1 Å². The van der Waals surface area contributed by atoms with E-state index in [0.717, 1.165) is 6.42 Å². The van der Waals surface area contributed by atoms with Gasteiger partial charge in [0.2, 0.25) is 0 Å². The summed E-state index contributed by atoms with van der Waals surface area (Å²) >= 11 is 0. The molecule has 0 saturated heterocycles. The first kappa shape index (κ1) is 13.1. The second-order valence-corrected chi connectivity index (χ2v) is 4.08. The Morgan fingerprint density at radius 2 is 2.05 bits per heavy atom. The van der Waals surface area contributed by atoms with Crippen molar-refractivity contribution in [2.75, 3.05) is 11.9 Å². The molecule has 0 unspecified atom stereocenters. The molecule has 0 atom stereocenters. The van der Waals surface area contributed by atoms with Gasteiger partial charge >= 0.3 is 0 Å². The van der Waals surface area contributed by atoms with Gasteiger partial charge in [-0.2, -0.15) is 0 Å². The molecule has 19 heavy (non-hydrogen) atoms. The molecule has 1 N–H and O–H groups in total. The number of carbonyl (C=O) groups excluding carboxylic acids is 1. The molecule has 0 spiro atoms. The third-order valence-corrected chi connectivity index (χ3v) is 2.65. The van der Waals surface area contributed by atoms with Gasteiger partial charge in [-0.1, -0.05) is 19.1 Å². The van der Waals surface area contributed by atoms with E-state index in [1.54, 1.807) is 24.5 Å². The van der Waals surface area contributed by atoms with Gasteiger partial charge < -0.3 is 10.1 Å². The van der Waals surface area contributed by atoms with E-state index in [1.807, 2.05) is 24.3 Å². The summed E-state index contributed by atoms with van der Waals surface area (Å²) in [5, 5.41) is 2.71. The predicted molar refractivity (Wildman–Crippen MR) is 74.2 cm³/mol. The largest absolute Gasteiger partial charge is 0.484 e. The van der Waals surface area contributed by atoms with Gasteiger partial charge in [0.15, 0.2) is 6.61 Å². The zero-order valence-corrected chi connectivity index (χ0v) is 10.8. The van der Waals surface area contributed by atoms with Gasteiger partial charge in [-0.15, -0.1) is 0 Å². The number of ether oxygens (including phenoxy) is 1. The molecule has 1 aromatic carbocycles. The minimum absolute atomic E-state index is 0.0135. The summed E-state index contributed by atoms with van der Waals surface area (Å²) in [4.78, 5) is 15.6. The molecule has 2 aromatic rings. The smallest absolute Gasteiger partial charge is 0.262 e. The highest BCUT2D eigenvalue weighted by molar-refractivity contribution is 5.91. The van der Waals surface area contributed by atoms with Crippen LogP contribution in [0.1, 0.15) is 12.5 Å². The van der Waals surface area contributed by atoms with E-state index >= 15 is 0 Å². The van der Waals surface area contributed by atoms with Crippen LogP contribution in [0.15, 0.2) is 48.8 Å². The molecule has 0 aliphatic heterocycles. The topological polar surface area (TPSA) is 51.2 Å². The zero-order valence-electron chi connectivity index (χ0n) is 10.8. The molecule has 1 amide bonds. The van der Waals surface area contributed by atoms with Crippen molar-refractivity contribution in [3.8, 4) is 5.75 Å². The van der Waals surface area contributed by atoms with Crippen molar-refractivity contribution >= 4 is 11.6 Å². The number of carbonyl (C=O) groups is 1. The number of aryl methyl sites for hydroxylation is 1. The maximum absolute atomic E-state index is 11.6. The first-order chi connectivity index (χ1) is 9.28. The molecule has 98 valence electrons. The monoisotopic (exact) mass is 256 g/mol. The number of nitrogens with one attached hydrogen (secondary N) is 1. The van der Waals surface area contributed by atoms with Crippen LogP contribution in [-0.2, 0) is 11.2 Å². The second-order valence-electron chi connectivity index (χ2n) is 4.08. The van der Waals surface area contributed by atoms with Crippen molar-refractivity contribution in [1.29, 1.82) is 0 Å². The van der Waals surface area contributed by atoms with Crippen LogP contribution in [0.25, 0.3) is 0 Å². The highest BCUT2D eigenvalue weighted by Crippen LogP contribution is 2.12. The number of benzene rings is 1. The summed E-state index contributed by atoms with van der Waals surface area (Å²) in [5.41, 5.74) is 1.91. The Kier molecular flexibility index (Phi) is 4.50. The van der Waals surface area contributed by atoms with Crippen LogP contribution in [0.3, 0.4) is 0 Å². The Labute approximate surface area is 112 Å². The molecule has 2 rings (SSSR count). The van der Waals surface area contributed by atoms with Gasteiger partial charge in [-0.05, 0) is 36.2 Å². The van der Waals surface area contributed by atoms with Gasteiger partial charge in [-0.25, -0.2) is 0 Å². The second kappa shape index (κ2) is 6.54.